The molecule has 1 atom stereocenters. The van der Waals surface area contributed by atoms with Crippen LogP contribution in [0.2, 0.25) is 5.02 Å². The van der Waals surface area contributed by atoms with Crippen LogP contribution < -0.4 is 5.32 Å². The monoisotopic (exact) mass is 387 g/mol. The van der Waals surface area contributed by atoms with Crippen molar-refractivity contribution >= 4 is 23.4 Å². The maximum atomic E-state index is 13.7. The number of hydrogen-bond acceptors (Lipinski definition) is 5. The van der Waals surface area contributed by atoms with Gasteiger partial charge >= 0.3 is 0 Å². The minimum Gasteiger partial charge on any atom is -0.395 e. The molecule has 2 amide bonds. The average Bonchev–Trinajstić information content (AvgIpc) is 2.61. The van der Waals surface area contributed by atoms with Gasteiger partial charge in [-0.1, -0.05) is 17.7 Å². The summed E-state index contributed by atoms with van der Waals surface area (Å²) in [6.07, 6.45) is -0.0814. The van der Waals surface area contributed by atoms with Gasteiger partial charge in [-0.15, -0.1) is 0 Å². The zero-order valence-corrected chi connectivity index (χ0v) is 15.1. The van der Waals surface area contributed by atoms with Crippen LogP contribution in [0.3, 0.4) is 0 Å². The Bertz CT molecular complexity index is 640. The van der Waals surface area contributed by atoms with Crippen LogP contribution in [0, 0.1) is 5.82 Å². The summed E-state index contributed by atoms with van der Waals surface area (Å²) >= 11 is 5.69. The zero-order valence-electron chi connectivity index (χ0n) is 14.3. The fourth-order valence-electron chi connectivity index (χ4n) is 2.94. The maximum Gasteiger partial charge on any atom is 0.237 e. The van der Waals surface area contributed by atoms with Crippen molar-refractivity contribution in [1.82, 2.24) is 15.1 Å². The van der Waals surface area contributed by atoms with Crippen LogP contribution in [-0.2, 0) is 16.1 Å². The van der Waals surface area contributed by atoms with E-state index in [0.29, 0.717) is 25.2 Å². The Morgan fingerprint density at radius 1 is 1.35 bits per heavy atom. The normalized spacial score (nSPS) is 17.8. The van der Waals surface area contributed by atoms with Crippen LogP contribution in [0.5, 0.6) is 0 Å². The lowest BCUT2D eigenvalue weighted by Gasteiger charge is -2.35. The number of carbonyl (C=O) groups excluding carboxylic acids is 2. The lowest BCUT2D eigenvalue weighted by Crippen LogP contribution is -2.56. The number of aliphatic hydroxyl groups excluding tert-OH is 2. The lowest BCUT2D eigenvalue weighted by molar-refractivity contribution is -0.139. The first-order chi connectivity index (χ1) is 12.5. The van der Waals surface area contributed by atoms with Gasteiger partial charge in [-0.05, 0) is 17.7 Å². The molecule has 9 heteroatoms. The first kappa shape index (κ1) is 20.6. The summed E-state index contributed by atoms with van der Waals surface area (Å²) in [5.74, 6) is -1.13. The van der Waals surface area contributed by atoms with Crippen LogP contribution in [-0.4, -0.2) is 77.3 Å². The number of amides is 2. The van der Waals surface area contributed by atoms with Gasteiger partial charge < -0.3 is 20.4 Å². The number of piperazine rings is 1. The van der Waals surface area contributed by atoms with E-state index in [-0.39, 0.29) is 49.6 Å². The number of hydrogen-bond donors (Lipinski definition) is 3. The molecule has 1 aromatic carbocycles. The predicted octanol–water partition coefficient (Wildman–Crippen LogP) is -0.0172. The van der Waals surface area contributed by atoms with Gasteiger partial charge in [-0.2, -0.15) is 0 Å². The molecule has 2 rings (SSSR count). The summed E-state index contributed by atoms with van der Waals surface area (Å²) in [5, 5.41) is 20.9. The smallest absolute Gasteiger partial charge is 0.237 e. The topological polar surface area (TPSA) is 93.1 Å². The highest BCUT2D eigenvalue weighted by Crippen LogP contribution is 2.19. The molecule has 0 spiro atoms. The van der Waals surface area contributed by atoms with Gasteiger partial charge in [-0.3, -0.25) is 14.5 Å². The highest BCUT2D eigenvalue weighted by Gasteiger charge is 2.32. The third kappa shape index (κ3) is 5.38. The minimum atomic E-state index is -0.699. The third-order valence-corrected chi connectivity index (χ3v) is 4.58. The number of nitrogens with zero attached hydrogens (tertiary/aromatic N) is 2. The van der Waals surface area contributed by atoms with Crippen molar-refractivity contribution in [3.8, 4) is 0 Å². The molecule has 0 aliphatic carbocycles. The van der Waals surface area contributed by atoms with E-state index in [1.54, 1.807) is 6.07 Å². The Morgan fingerprint density at radius 3 is 2.65 bits per heavy atom. The maximum absolute atomic E-state index is 13.7. The highest BCUT2D eigenvalue weighted by atomic mass is 35.5. The van der Waals surface area contributed by atoms with Crippen LogP contribution in [0.1, 0.15) is 12.0 Å². The largest absolute Gasteiger partial charge is 0.395 e. The molecule has 26 heavy (non-hydrogen) atoms. The Hall–Kier alpha value is -1.74. The van der Waals surface area contributed by atoms with Gasteiger partial charge in [-0.25, -0.2) is 4.39 Å². The Labute approximate surface area is 156 Å². The highest BCUT2D eigenvalue weighted by molar-refractivity contribution is 6.30. The molecule has 7 nitrogen and oxygen atoms in total. The molecule has 3 N–H and O–H groups in total. The van der Waals surface area contributed by atoms with E-state index in [9.17, 15) is 14.0 Å². The van der Waals surface area contributed by atoms with Crippen LogP contribution >= 0.6 is 11.6 Å². The average molecular weight is 388 g/mol. The van der Waals surface area contributed by atoms with Crippen molar-refractivity contribution in [2.45, 2.75) is 19.0 Å². The van der Waals surface area contributed by atoms with E-state index in [0.717, 1.165) is 0 Å². The standard InChI is InChI=1S/C17H23ClFN3O4/c18-13-2-1-12(9-14(13)19)11-22-4-3-20-17(26)15(22)10-16(25)21(5-7-23)6-8-24/h1-2,9,15,23-24H,3-8,10-11H2,(H,20,26). The summed E-state index contributed by atoms with van der Waals surface area (Å²) in [6.45, 7) is 1.00. The van der Waals surface area contributed by atoms with E-state index >= 15 is 0 Å². The summed E-state index contributed by atoms with van der Waals surface area (Å²) in [4.78, 5) is 27.9. The molecule has 1 aliphatic rings. The molecule has 0 bridgehead atoms. The van der Waals surface area contributed by atoms with E-state index in [2.05, 4.69) is 5.32 Å². The molecule has 1 aliphatic heterocycles. The lowest BCUT2D eigenvalue weighted by atomic mass is 10.1. The fourth-order valence-corrected chi connectivity index (χ4v) is 3.06. The summed E-state index contributed by atoms with van der Waals surface area (Å²) in [5.41, 5.74) is 0.654. The van der Waals surface area contributed by atoms with Gasteiger partial charge in [0.15, 0.2) is 0 Å². The van der Waals surface area contributed by atoms with Crippen molar-refractivity contribution in [2.24, 2.45) is 0 Å². The Morgan fingerprint density at radius 2 is 2.04 bits per heavy atom. The molecule has 0 aromatic heterocycles. The molecule has 1 aromatic rings. The van der Waals surface area contributed by atoms with E-state index in [1.165, 1.54) is 17.0 Å². The number of halogens is 2. The summed E-state index contributed by atoms with van der Waals surface area (Å²) < 4.78 is 13.7. The summed E-state index contributed by atoms with van der Waals surface area (Å²) in [7, 11) is 0. The summed E-state index contributed by atoms with van der Waals surface area (Å²) in [6, 6.07) is 3.76. The predicted molar refractivity (Wildman–Crippen MR) is 94.0 cm³/mol. The van der Waals surface area contributed by atoms with E-state index < -0.39 is 11.9 Å². The molecule has 0 saturated carbocycles. The first-order valence-corrected chi connectivity index (χ1v) is 8.79. The third-order valence-electron chi connectivity index (χ3n) is 4.27. The minimum absolute atomic E-state index is 0.0283. The van der Waals surface area contributed by atoms with Crippen molar-refractivity contribution in [3.05, 3.63) is 34.6 Å². The molecular formula is C17H23ClFN3O4. The van der Waals surface area contributed by atoms with Gasteiger partial charge in [0.05, 0.1) is 30.7 Å². The van der Waals surface area contributed by atoms with Gasteiger partial charge in [0.2, 0.25) is 11.8 Å². The van der Waals surface area contributed by atoms with Gasteiger partial charge in [0.25, 0.3) is 0 Å². The van der Waals surface area contributed by atoms with Crippen molar-refractivity contribution in [1.29, 1.82) is 0 Å². The number of nitrogens with one attached hydrogen (secondary N) is 1. The van der Waals surface area contributed by atoms with Gasteiger partial charge in [0.1, 0.15) is 5.82 Å². The molecule has 1 heterocycles. The second kappa shape index (κ2) is 9.82. The van der Waals surface area contributed by atoms with Crippen LogP contribution in [0.15, 0.2) is 18.2 Å². The zero-order chi connectivity index (χ0) is 19.1. The first-order valence-electron chi connectivity index (χ1n) is 8.41. The molecule has 144 valence electrons. The molecule has 1 fully saturated rings. The Kier molecular flexibility index (Phi) is 7.77. The number of aliphatic hydroxyl groups is 2. The number of benzene rings is 1. The van der Waals surface area contributed by atoms with E-state index in [1.807, 2.05) is 4.90 Å². The van der Waals surface area contributed by atoms with Crippen molar-refractivity contribution in [3.63, 3.8) is 0 Å². The quantitative estimate of drug-likeness (QED) is 0.583. The van der Waals surface area contributed by atoms with E-state index in [4.69, 9.17) is 21.8 Å². The second-order valence-corrected chi connectivity index (χ2v) is 6.47. The molecular weight excluding hydrogens is 365 g/mol. The number of rotatable bonds is 8. The SMILES string of the molecule is O=C1NCCN(Cc2ccc(Cl)c(F)c2)C1CC(=O)N(CCO)CCO. The molecule has 1 saturated heterocycles. The fraction of sp³-hybridized carbons (Fsp3) is 0.529. The Balaban J connectivity index is 2.10. The van der Waals surface area contributed by atoms with Crippen molar-refractivity contribution < 1.29 is 24.2 Å². The molecule has 1 unspecified atom stereocenters. The second-order valence-electron chi connectivity index (χ2n) is 6.06. The van der Waals surface area contributed by atoms with Crippen molar-refractivity contribution in [2.75, 3.05) is 39.4 Å². The molecule has 0 radical (unpaired) electrons. The van der Waals surface area contributed by atoms with Gasteiger partial charge in [0, 0.05) is 32.7 Å². The van der Waals surface area contributed by atoms with Crippen LogP contribution in [0.25, 0.3) is 0 Å². The number of carbonyl (C=O) groups is 2. The van der Waals surface area contributed by atoms with Crippen LogP contribution in [0.4, 0.5) is 4.39 Å².